The first-order chi connectivity index (χ1) is 30.3. The highest BCUT2D eigenvalue weighted by molar-refractivity contribution is 6.62. The number of nitrogen functional groups attached to an aromatic ring is 1. The van der Waals surface area contributed by atoms with Crippen LogP contribution in [0.4, 0.5) is 23.7 Å². The summed E-state index contributed by atoms with van der Waals surface area (Å²) in [6.07, 6.45) is 3.79. The second-order valence-corrected chi connectivity index (χ2v) is 16.4. The quantitative estimate of drug-likeness (QED) is 0.211. The second kappa shape index (κ2) is 17.1. The zero-order chi connectivity index (χ0) is 43.9. The fraction of sp³-hybridized carbons (Fsp3) is 0.357. The Labute approximate surface area is 366 Å². The van der Waals surface area contributed by atoms with Crippen LogP contribution in [0.5, 0.6) is 0 Å². The van der Waals surface area contributed by atoms with Gasteiger partial charge in [0.25, 0.3) is 6.01 Å². The van der Waals surface area contributed by atoms with Crippen LogP contribution in [0, 0.1) is 0 Å². The number of aromatic nitrogens is 8. The minimum absolute atomic E-state index is 0.155. The van der Waals surface area contributed by atoms with Gasteiger partial charge in [0.15, 0.2) is 28.6 Å². The first-order valence-electron chi connectivity index (χ1n) is 20.5. The molecule has 63 heavy (non-hydrogen) atoms. The molecule has 0 bridgehead atoms. The summed E-state index contributed by atoms with van der Waals surface area (Å²) in [5, 5.41) is 11.5. The minimum Gasteiger partial charge on any atom is -0.424 e. The number of rotatable bonds is 5. The monoisotopic (exact) mass is 876 g/mol. The van der Waals surface area contributed by atoms with E-state index in [2.05, 4.69) is 40.3 Å². The van der Waals surface area contributed by atoms with Crippen molar-refractivity contribution in [2.75, 3.05) is 73.5 Å². The van der Waals surface area contributed by atoms with E-state index in [0.717, 1.165) is 78.6 Å². The Morgan fingerprint density at radius 2 is 1.30 bits per heavy atom. The van der Waals surface area contributed by atoms with Crippen LogP contribution < -0.4 is 26.3 Å². The smallest absolute Gasteiger partial charge is 0.424 e. The molecule has 0 aliphatic carbocycles. The Bertz CT molecular complexity index is 2900. The zero-order valence-corrected chi connectivity index (χ0v) is 36.2. The Morgan fingerprint density at radius 1 is 0.730 bits per heavy atom. The maximum atomic E-state index is 11.1. The van der Waals surface area contributed by atoms with Gasteiger partial charge in [-0.05, 0) is 99.4 Å². The molecule has 0 atom stereocenters. The summed E-state index contributed by atoms with van der Waals surface area (Å²) >= 11 is 5.90. The third-order valence-corrected chi connectivity index (χ3v) is 11.4. The molecule has 3 saturated heterocycles. The Kier molecular flexibility index (Phi) is 11.4. The van der Waals surface area contributed by atoms with Gasteiger partial charge in [0.05, 0.1) is 37.6 Å². The molecule has 6 aromatic heterocycles. The highest BCUT2D eigenvalue weighted by atomic mass is 35.5. The van der Waals surface area contributed by atoms with Gasteiger partial charge in [-0.25, -0.2) is 14.0 Å². The van der Waals surface area contributed by atoms with E-state index in [-0.39, 0.29) is 23.2 Å². The van der Waals surface area contributed by atoms with Gasteiger partial charge in [-0.1, -0.05) is 6.07 Å². The third kappa shape index (κ3) is 8.85. The van der Waals surface area contributed by atoms with Crippen molar-refractivity contribution in [2.24, 2.45) is 0 Å². The highest BCUT2D eigenvalue weighted by Gasteiger charge is 2.51. The standard InChI is InChI=1S/C17H16N6O2.C15H19BN2O4.C10H11ClN4O/c18-17-19-12-4-3-11(10-14(12)25-17)15-20-16(22-6-8-24-9-7-22)13-2-1-5-23(13)21-15;1-9(19)17-13-18-11-7-6-10(8-12(11)20-13)16-21-14(2,3)15(4,5)22-16;11-10-12-9(14-4-6-16-7-5-14)8-2-1-3-15(8)13-10/h1-5,10H,6-9H2,(H2,18,19);6-8H,1-5H3,(H,17,18,19);1-3H,4-7H2. The number of nitrogens with two attached hydrogens (primary N) is 1. The van der Waals surface area contributed by atoms with Gasteiger partial charge in [0.1, 0.15) is 22.1 Å². The number of carbonyl (C=O) groups excluding carboxylic acids is 1. The topological polar surface area (TPSA) is 211 Å². The number of nitrogens with one attached hydrogen (secondary N) is 1. The van der Waals surface area contributed by atoms with Crippen molar-refractivity contribution in [3.8, 4) is 11.4 Å². The fourth-order valence-electron chi connectivity index (χ4n) is 7.30. The average Bonchev–Trinajstić information content (AvgIpc) is 4.11. The maximum Gasteiger partial charge on any atom is 0.494 e. The van der Waals surface area contributed by atoms with E-state index >= 15 is 0 Å². The van der Waals surface area contributed by atoms with Crippen LogP contribution in [0.15, 0.2) is 81.9 Å². The van der Waals surface area contributed by atoms with Crippen molar-refractivity contribution in [1.82, 2.24) is 39.2 Å². The Hall–Kier alpha value is -6.32. The molecule has 19 nitrogen and oxygen atoms in total. The van der Waals surface area contributed by atoms with Gasteiger partial charge in [0.2, 0.25) is 11.2 Å². The molecule has 21 heteroatoms. The molecule has 2 aromatic carbocycles. The predicted molar refractivity (Wildman–Crippen MR) is 238 cm³/mol. The molecule has 0 radical (unpaired) electrons. The molecule has 1 amide bonds. The number of benzene rings is 2. The van der Waals surface area contributed by atoms with Crippen LogP contribution in [0.2, 0.25) is 5.28 Å². The number of ether oxygens (including phenoxy) is 2. The lowest BCUT2D eigenvalue weighted by atomic mass is 9.79. The summed E-state index contributed by atoms with van der Waals surface area (Å²) in [5.74, 6) is 2.20. The molecular formula is C42H46BClN12O7. The average molecular weight is 877 g/mol. The number of fused-ring (bicyclic) bond motifs is 4. The molecule has 3 N–H and O–H groups in total. The van der Waals surface area contributed by atoms with Crippen LogP contribution in [0.3, 0.4) is 0 Å². The minimum atomic E-state index is -0.455. The Morgan fingerprint density at radius 3 is 1.94 bits per heavy atom. The summed E-state index contributed by atoms with van der Waals surface area (Å²) in [7, 11) is -0.455. The molecule has 8 aromatic rings. The lowest BCUT2D eigenvalue weighted by Crippen LogP contribution is -2.41. The van der Waals surface area contributed by atoms with E-state index in [0.29, 0.717) is 35.7 Å². The number of oxazole rings is 2. The van der Waals surface area contributed by atoms with Crippen molar-refractivity contribution in [3.63, 3.8) is 0 Å². The molecule has 0 unspecified atom stereocenters. The van der Waals surface area contributed by atoms with E-state index in [4.69, 9.17) is 49.9 Å². The fourth-order valence-corrected chi connectivity index (χ4v) is 7.46. The SMILES string of the molecule is CC(=O)Nc1nc2ccc(B3OC(C)(C)C(C)(C)O3)cc2o1.Clc1nc(N2CCOCC2)c2cccn2n1.Nc1nc2ccc(-c3nc(N4CCOCC4)c4cccn4n3)cc2o1. The zero-order valence-electron chi connectivity index (χ0n) is 35.4. The molecule has 3 fully saturated rings. The number of morpholine rings is 2. The summed E-state index contributed by atoms with van der Waals surface area (Å²) < 4.78 is 37.4. The van der Waals surface area contributed by atoms with E-state index < -0.39 is 18.3 Å². The van der Waals surface area contributed by atoms with E-state index in [1.807, 2.05) is 105 Å². The number of amides is 1. The molecule has 326 valence electrons. The molecule has 9 heterocycles. The molecule has 0 saturated carbocycles. The van der Waals surface area contributed by atoms with Gasteiger partial charge < -0.3 is 43.2 Å². The van der Waals surface area contributed by atoms with E-state index in [1.165, 1.54) is 6.92 Å². The number of hydrogen-bond acceptors (Lipinski definition) is 16. The lowest BCUT2D eigenvalue weighted by Gasteiger charge is -2.32. The number of anilines is 4. The summed E-state index contributed by atoms with van der Waals surface area (Å²) in [6.45, 7) is 15.6. The Balaban J connectivity index is 0.000000123. The number of halogens is 1. The summed E-state index contributed by atoms with van der Waals surface area (Å²) in [6, 6.07) is 19.5. The van der Waals surface area contributed by atoms with Gasteiger partial charge in [-0.15, -0.1) is 10.2 Å². The number of nitrogens with zero attached hydrogens (tertiary/aromatic N) is 10. The van der Waals surface area contributed by atoms with Crippen LogP contribution in [-0.2, 0) is 23.6 Å². The first kappa shape index (κ1) is 42.0. The van der Waals surface area contributed by atoms with Crippen molar-refractivity contribution < 1.29 is 32.4 Å². The summed E-state index contributed by atoms with van der Waals surface area (Å²) in [4.78, 5) is 32.9. The van der Waals surface area contributed by atoms with E-state index in [9.17, 15) is 4.79 Å². The number of carbonyl (C=O) groups is 1. The van der Waals surface area contributed by atoms with Crippen molar-refractivity contribution >= 4 is 87.0 Å². The van der Waals surface area contributed by atoms with Gasteiger partial charge in [-0.3, -0.25) is 10.1 Å². The summed E-state index contributed by atoms with van der Waals surface area (Å²) in [5.41, 5.74) is 11.1. The van der Waals surface area contributed by atoms with Gasteiger partial charge >= 0.3 is 13.1 Å². The molecule has 3 aliphatic heterocycles. The predicted octanol–water partition coefficient (Wildman–Crippen LogP) is 5.26. The molecule has 11 rings (SSSR count). The highest BCUT2D eigenvalue weighted by Crippen LogP contribution is 2.37. The third-order valence-electron chi connectivity index (χ3n) is 11.2. The van der Waals surface area contributed by atoms with Gasteiger partial charge in [0, 0.05) is 51.1 Å². The molecule has 0 spiro atoms. The van der Waals surface area contributed by atoms with E-state index in [1.54, 1.807) is 4.52 Å². The second-order valence-electron chi connectivity index (χ2n) is 16.1. The van der Waals surface area contributed by atoms with Crippen LogP contribution >= 0.6 is 11.6 Å². The lowest BCUT2D eigenvalue weighted by molar-refractivity contribution is -0.114. The van der Waals surface area contributed by atoms with Crippen molar-refractivity contribution in [1.29, 1.82) is 0 Å². The van der Waals surface area contributed by atoms with Gasteiger partial charge in [-0.2, -0.15) is 15.0 Å². The molecular weight excluding hydrogens is 831 g/mol. The first-order valence-corrected chi connectivity index (χ1v) is 20.9. The largest absolute Gasteiger partial charge is 0.494 e. The normalized spacial score (nSPS) is 17.2. The van der Waals surface area contributed by atoms with Crippen LogP contribution in [0.1, 0.15) is 34.6 Å². The molecule has 3 aliphatic rings. The number of hydrogen-bond donors (Lipinski definition) is 2. The van der Waals surface area contributed by atoms with Crippen molar-refractivity contribution in [2.45, 2.75) is 45.8 Å². The van der Waals surface area contributed by atoms with Crippen molar-refractivity contribution in [3.05, 3.63) is 78.3 Å². The van der Waals surface area contributed by atoms with Crippen LogP contribution in [0.25, 0.3) is 44.6 Å². The maximum absolute atomic E-state index is 11.1. The van der Waals surface area contributed by atoms with Crippen LogP contribution in [-0.4, -0.2) is 116 Å².